The van der Waals surface area contributed by atoms with E-state index in [0.29, 0.717) is 35.5 Å². The van der Waals surface area contributed by atoms with Crippen LogP contribution in [0.5, 0.6) is 0 Å². The number of aliphatic hydroxyl groups excluding tert-OH is 2. The van der Waals surface area contributed by atoms with Gasteiger partial charge in [0, 0.05) is 6.54 Å². The number of rotatable bonds is 8. The van der Waals surface area contributed by atoms with Gasteiger partial charge in [-0.1, -0.05) is 26.8 Å². The molecule has 9 heteroatoms. The molecule has 0 spiro atoms. The van der Waals surface area contributed by atoms with Crippen molar-refractivity contribution in [3.05, 3.63) is 12.2 Å². The summed E-state index contributed by atoms with van der Waals surface area (Å²) in [5, 5.41) is 24.1. The van der Waals surface area contributed by atoms with Crippen LogP contribution < -0.4 is 34.9 Å². The summed E-state index contributed by atoms with van der Waals surface area (Å²) >= 11 is 0. The smallest absolute Gasteiger partial charge is 0.748 e. The number of hydrogen-bond acceptors (Lipinski definition) is 6. The van der Waals surface area contributed by atoms with Gasteiger partial charge in [-0.15, -0.1) is 0 Å². The van der Waals surface area contributed by atoms with Crippen molar-refractivity contribution in [2.24, 2.45) is 46.3 Å². The third kappa shape index (κ3) is 6.68. The summed E-state index contributed by atoms with van der Waals surface area (Å²) < 4.78 is 31.9. The van der Waals surface area contributed by atoms with Gasteiger partial charge in [-0.25, -0.2) is 8.42 Å². The Labute approximate surface area is 245 Å². The first-order valence-corrected chi connectivity index (χ1v) is 15.7. The van der Waals surface area contributed by atoms with E-state index in [1.54, 1.807) is 0 Å². The first kappa shape index (κ1) is 31.6. The van der Waals surface area contributed by atoms with Crippen LogP contribution in [0, 0.1) is 46.3 Å². The van der Waals surface area contributed by atoms with Crippen molar-refractivity contribution in [3.63, 3.8) is 0 Å². The molecule has 7 nitrogen and oxygen atoms in total. The summed E-state index contributed by atoms with van der Waals surface area (Å²) in [5.41, 5.74) is 0.487. The van der Waals surface area contributed by atoms with E-state index in [2.05, 4.69) is 26.1 Å². The van der Waals surface area contributed by atoms with Crippen molar-refractivity contribution >= 4 is 16.0 Å². The summed E-state index contributed by atoms with van der Waals surface area (Å²) in [6.45, 7) is 7.09. The average Bonchev–Trinajstić information content (AvgIpc) is 3.14. The van der Waals surface area contributed by atoms with Gasteiger partial charge in [0.1, 0.15) is 0 Å². The first-order valence-electron chi connectivity index (χ1n) is 14.1. The molecule has 0 radical (unpaired) electrons. The topological polar surface area (TPSA) is 127 Å². The van der Waals surface area contributed by atoms with E-state index in [0.717, 1.165) is 38.5 Å². The van der Waals surface area contributed by atoms with Gasteiger partial charge in [0.05, 0.1) is 28.1 Å². The largest absolute Gasteiger partial charge is 1.00 e. The quantitative estimate of drug-likeness (QED) is 0.232. The van der Waals surface area contributed by atoms with E-state index in [4.69, 9.17) is 0 Å². The molecule has 0 aromatic heterocycles. The summed E-state index contributed by atoms with van der Waals surface area (Å²) in [4.78, 5) is 11.8. The molecule has 0 bridgehead atoms. The van der Waals surface area contributed by atoms with Gasteiger partial charge in [-0.3, -0.25) is 4.79 Å². The predicted octanol–water partition coefficient (Wildman–Crippen LogP) is 0.615. The number of carbonyl (C=O) groups is 1. The molecule has 0 aromatic carbocycles. The van der Waals surface area contributed by atoms with Crippen LogP contribution >= 0.6 is 0 Å². The number of hydrogen-bond donors (Lipinski definition) is 3. The molecule has 0 saturated heterocycles. The van der Waals surface area contributed by atoms with Gasteiger partial charge in [-0.05, 0) is 117 Å². The van der Waals surface area contributed by atoms with Crippen LogP contribution in [0.3, 0.4) is 0 Å². The van der Waals surface area contributed by atoms with E-state index in [-0.39, 0.29) is 65.0 Å². The van der Waals surface area contributed by atoms with Gasteiger partial charge >= 0.3 is 29.6 Å². The standard InChI is InChI=1S/C28H47NO6S.Na/c1-18(6-4-5-7-25(32)29-14-15-36(33,34)35)21-8-9-22-26-23(11-13-28(21,22)3)27(2)12-10-20(30)16-19(27)17-24(26)31;/h5,7,18-24,26,30-31H,4,6,8-17H2,1-3H3,(H,29,32)(H,33,34,35);/q;+1/p-1/b7-5+;/t18-,19+,20-,21-,22+,23+,24+,26+,27+,28-;/m1./s1. The molecule has 4 aliphatic rings. The number of amides is 1. The maximum Gasteiger partial charge on any atom is 1.00 e. The third-order valence-electron chi connectivity index (χ3n) is 11.1. The Hall–Kier alpha value is 0.0400. The Morgan fingerprint density at radius 2 is 1.76 bits per heavy atom. The SMILES string of the molecule is C[C@H](CC/C=C/C(=O)NCCS(=O)(=O)[O-])[C@H]1CC[C@H]2[C@@H]3[C@@H](O)C[C@@H]4C[C@H](O)CC[C@]4(C)[C@H]3CC[C@]12C.[Na+]. The second-order valence-electron chi connectivity index (χ2n) is 13.0. The fourth-order valence-corrected chi connectivity index (χ4v) is 9.64. The Morgan fingerprint density at radius 3 is 2.46 bits per heavy atom. The molecule has 0 unspecified atom stereocenters. The van der Waals surface area contributed by atoms with E-state index in [1.165, 1.54) is 31.8 Å². The molecule has 0 aromatic rings. The monoisotopic (exact) mass is 547 g/mol. The van der Waals surface area contributed by atoms with Gasteiger partial charge in [0.2, 0.25) is 5.91 Å². The second-order valence-corrected chi connectivity index (χ2v) is 14.5. The minimum Gasteiger partial charge on any atom is -0.748 e. The van der Waals surface area contributed by atoms with Gasteiger partial charge in [-0.2, -0.15) is 0 Å². The molecule has 206 valence electrons. The van der Waals surface area contributed by atoms with Crippen molar-refractivity contribution in [1.82, 2.24) is 5.32 Å². The molecule has 0 aliphatic heterocycles. The minimum atomic E-state index is -4.32. The minimum absolute atomic E-state index is 0. The molecule has 37 heavy (non-hydrogen) atoms. The second kappa shape index (κ2) is 12.3. The van der Waals surface area contributed by atoms with Crippen LogP contribution in [0.15, 0.2) is 12.2 Å². The van der Waals surface area contributed by atoms with Crippen molar-refractivity contribution < 1.29 is 57.5 Å². The van der Waals surface area contributed by atoms with Gasteiger partial charge in [0.15, 0.2) is 0 Å². The van der Waals surface area contributed by atoms with Crippen molar-refractivity contribution in [3.8, 4) is 0 Å². The molecule has 3 N–H and O–H groups in total. The van der Waals surface area contributed by atoms with Crippen molar-refractivity contribution in [2.75, 3.05) is 12.3 Å². The molecule has 4 fully saturated rings. The molecule has 4 saturated carbocycles. The number of fused-ring (bicyclic) bond motifs is 5. The first-order chi connectivity index (χ1) is 16.8. The molecular formula is C28H46NNaO6S. The average molecular weight is 548 g/mol. The number of nitrogens with one attached hydrogen (secondary N) is 1. The Kier molecular flexibility index (Phi) is 10.5. The molecule has 0 heterocycles. The Balaban J connectivity index is 0.00000380. The fourth-order valence-electron chi connectivity index (χ4n) is 9.28. The van der Waals surface area contributed by atoms with E-state index in [1.807, 2.05) is 6.08 Å². The van der Waals surface area contributed by atoms with Crippen LogP contribution in [0.1, 0.15) is 85.0 Å². The summed E-state index contributed by atoms with van der Waals surface area (Å²) in [6, 6.07) is 0. The van der Waals surface area contributed by atoms with Gasteiger partial charge in [0.25, 0.3) is 0 Å². The van der Waals surface area contributed by atoms with E-state index in [9.17, 15) is 28.0 Å². The maximum absolute atomic E-state index is 11.8. The molecular weight excluding hydrogens is 501 g/mol. The molecule has 4 rings (SSSR count). The van der Waals surface area contributed by atoms with Crippen LogP contribution in [0.25, 0.3) is 0 Å². The molecule has 10 atom stereocenters. The number of allylic oxidation sites excluding steroid dienone is 1. The zero-order valence-corrected chi connectivity index (χ0v) is 26.0. The third-order valence-corrected chi connectivity index (χ3v) is 11.8. The maximum atomic E-state index is 11.8. The number of aliphatic hydroxyl groups is 2. The Morgan fingerprint density at radius 1 is 1.08 bits per heavy atom. The van der Waals surface area contributed by atoms with Crippen LogP contribution in [0.4, 0.5) is 0 Å². The van der Waals surface area contributed by atoms with Crippen LogP contribution in [0.2, 0.25) is 0 Å². The van der Waals surface area contributed by atoms with E-state index < -0.39 is 15.9 Å². The Bertz CT molecular complexity index is 943. The normalized spacial score (nSPS) is 42.3. The predicted molar refractivity (Wildman–Crippen MR) is 138 cm³/mol. The molecule has 1 amide bonds. The zero-order chi connectivity index (χ0) is 26.3. The van der Waals surface area contributed by atoms with E-state index >= 15 is 0 Å². The van der Waals surface area contributed by atoms with Crippen molar-refractivity contribution in [1.29, 1.82) is 0 Å². The van der Waals surface area contributed by atoms with Crippen LogP contribution in [-0.4, -0.2) is 53.6 Å². The summed E-state index contributed by atoms with van der Waals surface area (Å²) in [5.74, 6) is 2.09. The summed E-state index contributed by atoms with van der Waals surface area (Å²) in [6.07, 6.45) is 13.0. The molecule has 4 aliphatic carbocycles. The number of carbonyl (C=O) groups excluding carboxylic acids is 1. The zero-order valence-electron chi connectivity index (χ0n) is 23.2. The van der Waals surface area contributed by atoms with Crippen LogP contribution in [-0.2, 0) is 14.9 Å². The van der Waals surface area contributed by atoms with Crippen molar-refractivity contribution in [2.45, 2.75) is 97.2 Å². The summed E-state index contributed by atoms with van der Waals surface area (Å²) in [7, 11) is -4.32. The van der Waals surface area contributed by atoms with Gasteiger partial charge < -0.3 is 20.1 Å². The fraction of sp³-hybridized carbons (Fsp3) is 0.893.